The number of Topliss-reactive ketones (excluding diaryl/α,β-unsaturated/α-hetero) is 1. The average Bonchev–Trinajstić information content (AvgIpc) is 2.77. The van der Waals surface area contributed by atoms with Gasteiger partial charge in [0.25, 0.3) is 0 Å². The van der Waals surface area contributed by atoms with Gasteiger partial charge in [0.2, 0.25) is 0 Å². The van der Waals surface area contributed by atoms with Crippen LogP contribution in [0.2, 0.25) is 0 Å². The van der Waals surface area contributed by atoms with Gasteiger partial charge in [0, 0.05) is 11.1 Å². The predicted octanol–water partition coefficient (Wildman–Crippen LogP) is 3.35. The van der Waals surface area contributed by atoms with E-state index in [0.717, 1.165) is 27.8 Å². The monoisotopic (exact) mass is 384 g/mol. The molecular formula is C17H21BrO5. The molecule has 23 heavy (non-hydrogen) atoms. The highest BCUT2D eigenvalue weighted by molar-refractivity contribution is 9.10. The molecule has 2 aliphatic rings. The zero-order valence-corrected chi connectivity index (χ0v) is 15.6. The highest BCUT2D eigenvalue weighted by atomic mass is 79.9. The fourth-order valence-corrected chi connectivity index (χ4v) is 4.37. The van der Waals surface area contributed by atoms with Gasteiger partial charge in [-0.25, -0.2) is 0 Å². The topological polar surface area (TPSA) is 54.0 Å². The number of ether oxygens (including phenoxy) is 4. The number of benzene rings is 1. The summed E-state index contributed by atoms with van der Waals surface area (Å²) < 4.78 is 24.1. The Hall–Kier alpha value is -1.11. The number of hydrogen-bond acceptors (Lipinski definition) is 5. The molecule has 0 saturated carbocycles. The lowest BCUT2D eigenvalue weighted by molar-refractivity contribution is -0.173. The predicted molar refractivity (Wildman–Crippen MR) is 88.0 cm³/mol. The Balaban J connectivity index is 2.36. The van der Waals surface area contributed by atoms with Gasteiger partial charge in [-0.1, -0.05) is 0 Å². The lowest BCUT2D eigenvalue weighted by Crippen LogP contribution is -2.47. The van der Waals surface area contributed by atoms with Crippen molar-refractivity contribution >= 4 is 21.7 Å². The van der Waals surface area contributed by atoms with Gasteiger partial charge in [0.1, 0.15) is 17.6 Å². The van der Waals surface area contributed by atoms with Crippen LogP contribution in [0.15, 0.2) is 10.5 Å². The van der Waals surface area contributed by atoms with Crippen LogP contribution >= 0.6 is 15.9 Å². The molecule has 1 heterocycles. The third kappa shape index (κ3) is 2.30. The Morgan fingerprint density at radius 1 is 1.35 bits per heavy atom. The van der Waals surface area contributed by atoms with Crippen molar-refractivity contribution in [3.63, 3.8) is 0 Å². The lowest BCUT2D eigenvalue weighted by atomic mass is 9.74. The van der Waals surface area contributed by atoms with Crippen LogP contribution in [0.4, 0.5) is 0 Å². The Kier molecular flexibility index (Phi) is 3.98. The summed E-state index contributed by atoms with van der Waals surface area (Å²) in [4.78, 5) is 12.7. The number of carbonyl (C=O) groups excluding carboxylic acids is 1. The van der Waals surface area contributed by atoms with Crippen LogP contribution in [0.1, 0.15) is 38.3 Å². The number of methoxy groups -OCH3 is 2. The van der Waals surface area contributed by atoms with Crippen molar-refractivity contribution in [2.45, 2.75) is 51.1 Å². The van der Waals surface area contributed by atoms with Crippen molar-refractivity contribution in [1.82, 2.24) is 0 Å². The summed E-state index contributed by atoms with van der Waals surface area (Å²) in [6, 6.07) is 1.87. The second-order valence-electron chi connectivity index (χ2n) is 6.39. The Bertz CT molecular complexity index is 669. The Morgan fingerprint density at radius 3 is 2.61 bits per heavy atom. The van der Waals surface area contributed by atoms with Crippen LogP contribution in [0.3, 0.4) is 0 Å². The smallest absolute Gasteiger partial charge is 0.184 e. The molecule has 5 nitrogen and oxygen atoms in total. The molecular weight excluding hydrogens is 364 g/mol. The van der Waals surface area contributed by atoms with Crippen LogP contribution in [0.5, 0.6) is 11.5 Å². The quantitative estimate of drug-likeness (QED) is 0.799. The number of ketones is 1. The van der Waals surface area contributed by atoms with Gasteiger partial charge >= 0.3 is 0 Å². The molecule has 1 saturated heterocycles. The van der Waals surface area contributed by atoms with Gasteiger partial charge in [-0.2, -0.15) is 0 Å². The summed E-state index contributed by atoms with van der Waals surface area (Å²) in [7, 11) is 3.21. The first-order valence-electron chi connectivity index (χ1n) is 7.59. The normalized spacial score (nSPS) is 28.0. The maximum absolute atomic E-state index is 12.7. The zero-order valence-electron chi connectivity index (χ0n) is 14.0. The molecule has 2 atom stereocenters. The van der Waals surface area contributed by atoms with E-state index in [4.69, 9.17) is 18.9 Å². The van der Waals surface area contributed by atoms with Gasteiger partial charge in [0.15, 0.2) is 17.2 Å². The number of hydrogen-bond donors (Lipinski definition) is 0. The van der Waals surface area contributed by atoms with Crippen molar-refractivity contribution in [2.24, 2.45) is 0 Å². The molecule has 0 unspecified atom stereocenters. The number of rotatable bonds is 3. The highest BCUT2D eigenvalue weighted by Gasteiger charge is 2.61. The minimum Gasteiger partial charge on any atom is -0.496 e. The van der Waals surface area contributed by atoms with Gasteiger partial charge in [0.05, 0.1) is 18.7 Å². The summed E-state index contributed by atoms with van der Waals surface area (Å²) >= 11 is 3.51. The van der Waals surface area contributed by atoms with Crippen molar-refractivity contribution in [3.8, 4) is 11.5 Å². The van der Waals surface area contributed by atoms with Crippen LogP contribution in [-0.4, -0.2) is 31.9 Å². The zero-order chi connectivity index (χ0) is 17.0. The van der Waals surface area contributed by atoms with Crippen molar-refractivity contribution in [1.29, 1.82) is 0 Å². The summed E-state index contributed by atoms with van der Waals surface area (Å²) in [6.45, 7) is 5.20. The van der Waals surface area contributed by atoms with Gasteiger partial charge in [-0.05, 0) is 55.6 Å². The van der Waals surface area contributed by atoms with E-state index in [-0.39, 0.29) is 11.9 Å². The maximum Gasteiger partial charge on any atom is 0.184 e. The second-order valence-corrected chi connectivity index (χ2v) is 7.24. The molecule has 126 valence electrons. The molecule has 6 heteroatoms. The van der Waals surface area contributed by atoms with E-state index in [2.05, 4.69) is 15.9 Å². The van der Waals surface area contributed by atoms with Crippen molar-refractivity contribution < 1.29 is 23.7 Å². The number of halogens is 1. The third-order valence-corrected chi connectivity index (χ3v) is 5.15. The summed E-state index contributed by atoms with van der Waals surface area (Å²) in [6.07, 6.45) is 1.09. The van der Waals surface area contributed by atoms with Crippen LogP contribution in [0, 0.1) is 0 Å². The number of carbonyl (C=O) groups is 1. The molecule has 1 aromatic carbocycles. The van der Waals surface area contributed by atoms with Crippen LogP contribution in [0.25, 0.3) is 0 Å². The molecule has 0 bridgehead atoms. The maximum atomic E-state index is 12.7. The van der Waals surface area contributed by atoms with E-state index in [0.29, 0.717) is 12.2 Å². The summed E-state index contributed by atoms with van der Waals surface area (Å²) in [5.41, 5.74) is 0.500. The number of fused-ring (bicyclic) bond motifs is 3. The molecule has 1 fully saturated rings. The average molecular weight is 385 g/mol. The molecule has 3 rings (SSSR count). The molecule has 0 spiro atoms. The fourth-order valence-electron chi connectivity index (χ4n) is 3.80. The Morgan fingerprint density at radius 2 is 2.04 bits per heavy atom. The standard InChI is InChI=1S/C17H21BrO5/c1-9(19)17-13(22-16(2,3)23-17)7-6-10-12(20-4)8-11(18)15(21-5)14(10)17/h8,13H,6-7H2,1-5H3/t13-,17-/m1/s1. The first-order chi connectivity index (χ1) is 10.8. The van der Waals surface area contributed by atoms with Crippen molar-refractivity contribution in [2.75, 3.05) is 14.2 Å². The molecule has 0 N–H and O–H groups in total. The molecule has 0 aromatic heterocycles. The fraction of sp³-hybridized carbons (Fsp3) is 0.588. The minimum absolute atomic E-state index is 0.0903. The van der Waals surface area contributed by atoms with E-state index < -0.39 is 11.4 Å². The minimum atomic E-state index is -1.17. The summed E-state index contributed by atoms with van der Waals surface area (Å²) in [5, 5.41) is 0. The second kappa shape index (κ2) is 5.46. The third-order valence-electron chi connectivity index (χ3n) is 4.56. The first-order valence-corrected chi connectivity index (χ1v) is 8.39. The molecule has 0 radical (unpaired) electrons. The van der Waals surface area contributed by atoms with Gasteiger partial charge in [-0.15, -0.1) is 0 Å². The van der Waals surface area contributed by atoms with E-state index in [1.165, 1.54) is 0 Å². The highest BCUT2D eigenvalue weighted by Crippen LogP contribution is 2.55. The Labute approximate surface area is 144 Å². The molecule has 1 aromatic rings. The molecule has 1 aliphatic heterocycles. The lowest BCUT2D eigenvalue weighted by Gasteiger charge is -2.38. The van der Waals surface area contributed by atoms with Crippen LogP contribution in [-0.2, 0) is 26.3 Å². The van der Waals surface area contributed by atoms with Gasteiger partial charge < -0.3 is 18.9 Å². The van der Waals surface area contributed by atoms with E-state index in [1.54, 1.807) is 21.1 Å². The van der Waals surface area contributed by atoms with Gasteiger partial charge in [-0.3, -0.25) is 4.79 Å². The van der Waals surface area contributed by atoms with E-state index in [9.17, 15) is 4.79 Å². The van der Waals surface area contributed by atoms with Crippen molar-refractivity contribution in [3.05, 3.63) is 21.7 Å². The molecule has 1 aliphatic carbocycles. The summed E-state index contributed by atoms with van der Waals surface area (Å²) in [5.74, 6) is 0.396. The van der Waals surface area contributed by atoms with E-state index >= 15 is 0 Å². The van der Waals surface area contributed by atoms with E-state index in [1.807, 2.05) is 19.9 Å². The first kappa shape index (κ1) is 16.7. The van der Waals surface area contributed by atoms with Crippen LogP contribution < -0.4 is 9.47 Å². The largest absolute Gasteiger partial charge is 0.496 e. The molecule has 0 amide bonds. The SMILES string of the molecule is COc1cc(Br)c(OC)c2c1CC[C@H]1OC(C)(C)O[C@@]21C(C)=O.